The number of carbonyl (C=O) groups is 1. The van der Waals surface area contributed by atoms with Gasteiger partial charge in [0.2, 0.25) is 15.9 Å². The molecule has 1 fully saturated rings. The maximum absolute atomic E-state index is 12.5. The van der Waals surface area contributed by atoms with Crippen LogP contribution in [0.25, 0.3) is 0 Å². The first-order valence-electron chi connectivity index (χ1n) is 8.50. The Labute approximate surface area is 164 Å². The van der Waals surface area contributed by atoms with Crippen LogP contribution in [-0.2, 0) is 14.8 Å². The predicted octanol–water partition coefficient (Wildman–Crippen LogP) is 2.99. The average molecular weight is 409 g/mol. The number of aryl methyl sites for hydroxylation is 1. The minimum atomic E-state index is -3.65. The number of methoxy groups -OCH3 is 1. The number of hydrogen-bond acceptors (Lipinski definition) is 4. The highest BCUT2D eigenvalue weighted by Crippen LogP contribution is 2.26. The van der Waals surface area contributed by atoms with Crippen LogP contribution in [-0.4, -0.2) is 34.5 Å². The summed E-state index contributed by atoms with van der Waals surface area (Å²) in [7, 11) is -2.11. The van der Waals surface area contributed by atoms with Gasteiger partial charge in [0.15, 0.2) is 0 Å². The van der Waals surface area contributed by atoms with E-state index < -0.39 is 10.0 Å². The molecule has 2 aromatic carbocycles. The molecule has 144 valence electrons. The summed E-state index contributed by atoms with van der Waals surface area (Å²) in [5, 5.41) is 0.601. The third kappa shape index (κ3) is 4.43. The van der Waals surface area contributed by atoms with Crippen molar-refractivity contribution in [3.63, 3.8) is 0 Å². The van der Waals surface area contributed by atoms with Crippen molar-refractivity contribution in [2.45, 2.75) is 18.2 Å². The van der Waals surface area contributed by atoms with Crippen molar-refractivity contribution in [3.05, 3.63) is 53.1 Å². The van der Waals surface area contributed by atoms with E-state index in [-0.39, 0.29) is 23.3 Å². The van der Waals surface area contributed by atoms with Crippen LogP contribution in [0.4, 0.5) is 5.69 Å². The maximum Gasteiger partial charge on any atom is 0.240 e. The fourth-order valence-corrected chi connectivity index (χ4v) is 4.44. The van der Waals surface area contributed by atoms with E-state index in [9.17, 15) is 13.2 Å². The molecular weight excluding hydrogens is 388 g/mol. The van der Waals surface area contributed by atoms with Gasteiger partial charge in [-0.1, -0.05) is 11.6 Å². The Morgan fingerprint density at radius 2 is 1.93 bits per heavy atom. The lowest BCUT2D eigenvalue weighted by molar-refractivity contribution is -0.117. The zero-order chi connectivity index (χ0) is 19.6. The summed E-state index contributed by atoms with van der Waals surface area (Å²) in [6, 6.07) is 11.7. The largest absolute Gasteiger partial charge is 0.496 e. The van der Waals surface area contributed by atoms with Crippen LogP contribution in [0.5, 0.6) is 5.75 Å². The smallest absolute Gasteiger partial charge is 0.240 e. The number of anilines is 1. The Balaban J connectivity index is 1.65. The van der Waals surface area contributed by atoms with Crippen molar-refractivity contribution >= 4 is 33.2 Å². The molecule has 1 amide bonds. The maximum atomic E-state index is 12.5. The molecule has 8 heteroatoms. The number of amides is 1. The molecule has 1 atom stereocenters. The van der Waals surface area contributed by atoms with Gasteiger partial charge in [-0.3, -0.25) is 4.79 Å². The number of nitrogens with zero attached hydrogens (tertiary/aromatic N) is 1. The van der Waals surface area contributed by atoms with Crippen molar-refractivity contribution < 1.29 is 17.9 Å². The second-order valence-electron chi connectivity index (χ2n) is 6.53. The first kappa shape index (κ1) is 19.7. The van der Waals surface area contributed by atoms with Crippen LogP contribution < -0.4 is 14.4 Å². The van der Waals surface area contributed by atoms with Gasteiger partial charge in [0.05, 0.1) is 12.0 Å². The van der Waals surface area contributed by atoms with E-state index in [0.29, 0.717) is 23.7 Å². The summed E-state index contributed by atoms with van der Waals surface area (Å²) in [5.41, 5.74) is 1.51. The van der Waals surface area contributed by atoms with Gasteiger partial charge in [-0.15, -0.1) is 0 Å². The number of benzene rings is 2. The minimum absolute atomic E-state index is 0.0261. The Morgan fingerprint density at radius 1 is 1.22 bits per heavy atom. The number of carbonyl (C=O) groups excluding carboxylic acids is 1. The van der Waals surface area contributed by atoms with Gasteiger partial charge in [0, 0.05) is 30.2 Å². The Hall–Kier alpha value is -2.09. The summed E-state index contributed by atoms with van der Waals surface area (Å²) in [6.45, 7) is 2.45. The van der Waals surface area contributed by atoms with Gasteiger partial charge in [-0.05, 0) is 60.9 Å². The lowest BCUT2D eigenvalue weighted by Gasteiger charge is -2.17. The summed E-state index contributed by atoms with van der Waals surface area (Å²) < 4.78 is 32.9. The molecule has 0 spiro atoms. The molecule has 0 radical (unpaired) electrons. The second kappa shape index (κ2) is 7.88. The molecule has 0 bridgehead atoms. The lowest BCUT2D eigenvalue weighted by atomic mass is 10.1. The first-order valence-corrected chi connectivity index (χ1v) is 10.4. The van der Waals surface area contributed by atoms with Crippen LogP contribution in [0.3, 0.4) is 0 Å². The number of hydrogen-bond donors (Lipinski definition) is 1. The average Bonchev–Trinajstić information content (AvgIpc) is 3.01. The van der Waals surface area contributed by atoms with E-state index in [0.717, 1.165) is 11.3 Å². The van der Waals surface area contributed by atoms with Crippen molar-refractivity contribution in [3.8, 4) is 5.75 Å². The number of nitrogens with one attached hydrogen (secondary N) is 1. The molecule has 0 unspecified atom stereocenters. The molecule has 0 saturated carbocycles. The Bertz CT molecular complexity index is 945. The van der Waals surface area contributed by atoms with Crippen LogP contribution in [0.1, 0.15) is 12.0 Å². The van der Waals surface area contributed by atoms with E-state index in [1.807, 2.05) is 0 Å². The summed E-state index contributed by atoms with van der Waals surface area (Å²) in [5.74, 6) is 0.512. The van der Waals surface area contributed by atoms with Crippen LogP contribution in [0, 0.1) is 12.8 Å². The quantitative estimate of drug-likeness (QED) is 0.797. The molecule has 1 N–H and O–H groups in total. The minimum Gasteiger partial charge on any atom is -0.496 e. The van der Waals surface area contributed by atoms with E-state index in [1.54, 1.807) is 48.2 Å². The highest BCUT2D eigenvalue weighted by atomic mass is 35.5. The van der Waals surface area contributed by atoms with Gasteiger partial charge in [-0.25, -0.2) is 13.1 Å². The van der Waals surface area contributed by atoms with Gasteiger partial charge in [0.1, 0.15) is 5.75 Å². The summed E-state index contributed by atoms with van der Waals surface area (Å²) in [4.78, 5) is 14.1. The molecule has 1 aliphatic heterocycles. The Kier molecular flexibility index (Phi) is 5.74. The van der Waals surface area contributed by atoms with Crippen molar-refractivity contribution in [2.24, 2.45) is 5.92 Å². The van der Waals surface area contributed by atoms with Crippen LogP contribution in [0.2, 0.25) is 5.02 Å². The normalized spacial score (nSPS) is 17.4. The summed E-state index contributed by atoms with van der Waals surface area (Å²) in [6.07, 6.45) is 0.298. The van der Waals surface area contributed by atoms with Gasteiger partial charge >= 0.3 is 0 Å². The molecule has 0 aliphatic carbocycles. The number of rotatable bonds is 6. The van der Waals surface area contributed by atoms with E-state index in [1.165, 1.54) is 13.2 Å². The number of halogens is 1. The number of sulfonamides is 1. The molecule has 1 saturated heterocycles. The molecule has 6 nitrogen and oxygen atoms in total. The Morgan fingerprint density at radius 3 is 2.56 bits per heavy atom. The highest BCUT2D eigenvalue weighted by Gasteiger charge is 2.31. The van der Waals surface area contributed by atoms with Crippen molar-refractivity contribution in [1.29, 1.82) is 0 Å². The molecule has 0 aromatic heterocycles. The van der Waals surface area contributed by atoms with E-state index >= 15 is 0 Å². The van der Waals surface area contributed by atoms with Gasteiger partial charge in [0.25, 0.3) is 0 Å². The first-order chi connectivity index (χ1) is 12.8. The lowest BCUT2D eigenvalue weighted by Crippen LogP contribution is -2.31. The third-order valence-corrected chi connectivity index (χ3v) is 6.26. The predicted molar refractivity (Wildman–Crippen MR) is 105 cm³/mol. The van der Waals surface area contributed by atoms with Gasteiger partial charge in [-0.2, -0.15) is 0 Å². The highest BCUT2D eigenvalue weighted by molar-refractivity contribution is 7.89. The third-order valence-electron chi connectivity index (χ3n) is 4.58. The molecule has 3 rings (SSSR count). The zero-order valence-corrected chi connectivity index (χ0v) is 16.7. The van der Waals surface area contributed by atoms with Crippen LogP contribution in [0.15, 0.2) is 47.4 Å². The van der Waals surface area contributed by atoms with E-state index in [4.69, 9.17) is 16.3 Å². The van der Waals surface area contributed by atoms with Crippen molar-refractivity contribution in [1.82, 2.24) is 4.72 Å². The standard InChI is InChI=1S/C19H21ClN2O4S/c1-13-9-17(7-8-18(13)26-2)27(24,25)21-11-14-10-19(23)22(12-14)16-5-3-15(20)4-6-16/h3-9,14,21H,10-12H2,1-2H3/t14-/m0/s1. The fourth-order valence-electron chi connectivity index (χ4n) is 3.12. The molecule has 27 heavy (non-hydrogen) atoms. The second-order valence-corrected chi connectivity index (χ2v) is 8.74. The molecule has 1 aliphatic rings. The molecular formula is C19H21ClN2O4S. The molecule has 2 aromatic rings. The summed E-state index contributed by atoms with van der Waals surface area (Å²) >= 11 is 5.88. The van der Waals surface area contributed by atoms with E-state index in [2.05, 4.69) is 4.72 Å². The SMILES string of the molecule is COc1ccc(S(=O)(=O)NC[C@@H]2CC(=O)N(c3ccc(Cl)cc3)C2)cc1C. The van der Waals surface area contributed by atoms with Crippen LogP contribution >= 0.6 is 11.6 Å². The monoisotopic (exact) mass is 408 g/mol. The zero-order valence-electron chi connectivity index (χ0n) is 15.1. The number of ether oxygens (including phenoxy) is 1. The molecule has 1 heterocycles. The van der Waals surface area contributed by atoms with Crippen molar-refractivity contribution in [2.75, 3.05) is 25.1 Å². The fraction of sp³-hybridized carbons (Fsp3) is 0.316. The van der Waals surface area contributed by atoms with Gasteiger partial charge < -0.3 is 9.64 Å². The topological polar surface area (TPSA) is 75.7 Å².